The number of anilines is 1. The maximum atomic E-state index is 12.9. The summed E-state index contributed by atoms with van der Waals surface area (Å²) in [6.07, 6.45) is 0. The molecule has 3 rings (SSSR count). The average molecular weight is 348 g/mol. The molecule has 23 heavy (non-hydrogen) atoms. The number of nitrogens with zero attached hydrogens (tertiary/aromatic N) is 2. The van der Waals surface area contributed by atoms with Crippen molar-refractivity contribution in [1.82, 2.24) is 9.55 Å². The number of rotatable bonds is 2. The highest BCUT2D eigenvalue weighted by atomic mass is 35.5. The Morgan fingerprint density at radius 1 is 1.17 bits per heavy atom. The van der Waals surface area contributed by atoms with Crippen molar-refractivity contribution in [2.75, 3.05) is 5.73 Å². The van der Waals surface area contributed by atoms with Gasteiger partial charge in [-0.2, -0.15) is 0 Å². The summed E-state index contributed by atoms with van der Waals surface area (Å²) in [6.45, 7) is 1.33. The number of ketones is 1. The van der Waals surface area contributed by atoms with Crippen LogP contribution in [0.15, 0.2) is 36.4 Å². The molecule has 3 aromatic rings. The Kier molecular flexibility index (Phi) is 3.83. The largest absolute Gasteiger partial charge is 0.369 e. The molecule has 2 aromatic carbocycles. The van der Waals surface area contributed by atoms with Crippen LogP contribution in [0.25, 0.3) is 11.0 Å². The van der Waals surface area contributed by atoms with Gasteiger partial charge in [-0.1, -0.05) is 35.3 Å². The summed E-state index contributed by atoms with van der Waals surface area (Å²) >= 11 is 12.1. The molecule has 0 aliphatic carbocycles. The van der Waals surface area contributed by atoms with Crippen LogP contribution in [0.4, 0.5) is 5.95 Å². The first kappa shape index (κ1) is 15.5. The highest BCUT2D eigenvalue weighted by molar-refractivity contribution is 6.38. The lowest BCUT2D eigenvalue weighted by molar-refractivity contribution is 0.0949. The number of hydrogen-bond donors (Lipinski definition) is 1. The van der Waals surface area contributed by atoms with Gasteiger partial charge in [-0.05, 0) is 31.2 Å². The van der Waals surface area contributed by atoms with Crippen LogP contribution in [0.3, 0.4) is 0 Å². The number of nitrogens with two attached hydrogens (primary N) is 1. The number of aromatic nitrogens is 2. The van der Waals surface area contributed by atoms with E-state index in [-0.39, 0.29) is 32.9 Å². The zero-order valence-corrected chi connectivity index (χ0v) is 13.5. The van der Waals surface area contributed by atoms with Gasteiger partial charge in [0.15, 0.2) is 5.78 Å². The Balaban J connectivity index is 2.28. The first-order chi connectivity index (χ1) is 10.9. The molecule has 0 amide bonds. The van der Waals surface area contributed by atoms with Crippen LogP contribution in [0.2, 0.25) is 10.0 Å². The van der Waals surface area contributed by atoms with E-state index in [1.165, 1.54) is 23.6 Å². The fourth-order valence-electron chi connectivity index (χ4n) is 2.48. The minimum atomic E-state index is -0.509. The molecule has 0 aliphatic heterocycles. The minimum absolute atomic E-state index is 0.0294. The van der Waals surface area contributed by atoms with Crippen molar-refractivity contribution >= 4 is 51.9 Å². The van der Waals surface area contributed by atoms with Crippen molar-refractivity contribution in [2.45, 2.75) is 6.92 Å². The molecule has 1 aromatic heterocycles. The van der Waals surface area contributed by atoms with Crippen LogP contribution in [-0.2, 0) is 0 Å². The second kappa shape index (κ2) is 5.68. The molecule has 0 saturated heterocycles. The van der Waals surface area contributed by atoms with Gasteiger partial charge in [0.25, 0.3) is 5.91 Å². The van der Waals surface area contributed by atoms with E-state index in [9.17, 15) is 9.59 Å². The van der Waals surface area contributed by atoms with Gasteiger partial charge in [0.1, 0.15) is 0 Å². The molecule has 5 nitrogen and oxygen atoms in total. The van der Waals surface area contributed by atoms with Gasteiger partial charge in [0.05, 0.1) is 21.6 Å². The molecule has 116 valence electrons. The molecule has 1 heterocycles. The highest BCUT2D eigenvalue weighted by Crippen LogP contribution is 2.28. The smallest absolute Gasteiger partial charge is 0.266 e. The molecular formula is C16H11Cl2N3O2. The zero-order chi connectivity index (χ0) is 16.7. The first-order valence-electron chi connectivity index (χ1n) is 6.67. The van der Waals surface area contributed by atoms with Gasteiger partial charge in [0, 0.05) is 10.6 Å². The van der Waals surface area contributed by atoms with Crippen LogP contribution in [-0.4, -0.2) is 21.2 Å². The van der Waals surface area contributed by atoms with Gasteiger partial charge >= 0.3 is 0 Å². The number of nitrogen functional groups attached to an aromatic ring is 1. The van der Waals surface area contributed by atoms with E-state index in [0.29, 0.717) is 11.0 Å². The van der Waals surface area contributed by atoms with Crippen LogP contribution in [0, 0.1) is 0 Å². The molecular weight excluding hydrogens is 337 g/mol. The molecule has 0 spiro atoms. The summed E-state index contributed by atoms with van der Waals surface area (Å²) in [4.78, 5) is 29.0. The van der Waals surface area contributed by atoms with E-state index in [0.717, 1.165) is 0 Å². The maximum Gasteiger partial charge on any atom is 0.266 e. The molecule has 2 N–H and O–H groups in total. The lowest BCUT2D eigenvalue weighted by atomic mass is 10.0. The van der Waals surface area contributed by atoms with Crippen molar-refractivity contribution in [1.29, 1.82) is 0 Å². The van der Waals surface area contributed by atoms with Crippen LogP contribution in [0.1, 0.15) is 27.6 Å². The minimum Gasteiger partial charge on any atom is -0.369 e. The van der Waals surface area contributed by atoms with E-state index < -0.39 is 5.91 Å². The molecule has 0 fully saturated rings. The summed E-state index contributed by atoms with van der Waals surface area (Å²) in [5.41, 5.74) is 7.19. The summed E-state index contributed by atoms with van der Waals surface area (Å²) < 4.78 is 1.24. The normalized spacial score (nSPS) is 10.9. The SMILES string of the molecule is CC(=O)c1c(Cl)cc(Cl)cc1C(=O)n1c(N)nc2ccccc21. The first-order valence-corrected chi connectivity index (χ1v) is 7.43. The zero-order valence-electron chi connectivity index (χ0n) is 12.0. The molecule has 0 saturated carbocycles. The van der Waals surface area contributed by atoms with Gasteiger partial charge in [-0.15, -0.1) is 0 Å². The van der Waals surface area contributed by atoms with Crippen molar-refractivity contribution in [3.05, 3.63) is 57.6 Å². The van der Waals surface area contributed by atoms with Crippen molar-refractivity contribution in [3.8, 4) is 0 Å². The van der Waals surface area contributed by atoms with Crippen LogP contribution in [0.5, 0.6) is 0 Å². The third-order valence-electron chi connectivity index (χ3n) is 3.43. The molecule has 0 bridgehead atoms. The standard InChI is InChI=1S/C16H11Cl2N3O2/c1-8(22)14-10(6-9(17)7-11(14)18)15(23)21-13-5-3-2-4-12(13)20-16(21)19/h2-7H,1H3,(H2,19,20). The number of para-hydroxylation sites is 2. The van der Waals surface area contributed by atoms with Crippen LogP contribution < -0.4 is 5.73 Å². The number of hydrogen-bond acceptors (Lipinski definition) is 4. The highest BCUT2D eigenvalue weighted by Gasteiger charge is 2.23. The lowest BCUT2D eigenvalue weighted by Gasteiger charge is -2.11. The van der Waals surface area contributed by atoms with E-state index in [2.05, 4.69) is 4.98 Å². The van der Waals surface area contributed by atoms with Crippen molar-refractivity contribution < 1.29 is 9.59 Å². The van der Waals surface area contributed by atoms with E-state index in [4.69, 9.17) is 28.9 Å². The number of imidazole rings is 1. The van der Waals surface area contributed by atoms with E-state index in [1.807, 2.05) is 0 Å². The third-order valence-corrected chi connectivity index (χ3v) is 3.94. The Morgan fingerprint density at radius 2 is 1.87 bits per heavy atom. The fraction of sp³-hybridized carbons (Fsp3) is 0.0625. The molecule has 7 heteroatoms. The third kappa shape index (κ3) is 2.58. The molecule has 0 unspecified atom stereocenters. The van der Waals surface area contributed by atoms with Crippen LogP contribution >= 0.6 is 23.2 Å². The number of fused-ring (bicyclic) bond motifs is 1. The maximum absolute atomic E-state index is 12.9. The number of Topliss-reactive ketones (excluding diaryl/α,β-unsaturated/α-hetero) is 1. The number of halogens is 2. The fourth-order valence-corrected chi connectivity index (χ4v) is 3.11. The monoisotopic (exact) mass is 347 g/mol. The summed E-state index contributed by atoms with van der Waals surface area (Å²) in [7, 11) is 0. The Morgan fingerprint density at radius 3 is 2.57 bits per heavy atom. The van der Waals surface area contributed by atoms with Gasteiger partial charge in [-0.3, -0.25) is 9.59 Å². The molecule has 0 aliphatic rings. The summed E-state index contributed by atoms with van der Waals surface area (Å²) in [6, 6.07) is 9.85. The van der Waals surface area contributed by atoms with Crippen molar-refractivity contribution in [3.63, 3.8) is 0 Å². The van der Waals surface area contributed by atoms with Gasteiger partial charge in [-0.25, -0.2) is 9.55 Å². The van der Waals surface area contributed by atoms with Gasteiger partial charge < -0.3 is 5.73 Å². The summed E-state index contributed by atoms with van der Waals surface area (Å²) in [5, 5.41) is 0.377. The molecule has 0 atom stereocenters. The van der Waals surface area contributed by atoms with E-state index in [1.54, 1.807) is 24.3 Å². The Labute approximate surface area is 141 Å². The predicted molar refractivity (Wildman–Crippen MR) is 90.3 cm³/mol. The number of benzene rings is 2. The Hall–Kier alpha value is -2.37. The quantitative estimate of drug-likeness (QED) is 0.714. The topological polar surface area (TPSA) is 78.0 Å². The Bertz CT molecular complexity index is 963. The van der Waals surface area contributed by atoms with E-state index >= 15 is 0 Å². The second-order valence-electron chi connectivity index (χ2n) is 4.97. The second-order valence-corrected chi connectivity index (χ2v) is 5.81. The summed E-state index contributed by atoms with van der Waals surface area (Å²) in [5.74, 6) is -0.814. The molecule has 0 radical (unpaired) electrons. The predicted octanol–water partition coefficient (Wildman–Crippen LogP) is 3.82. The average Bonchev–Trinajstić information content (AvgIpc) is 2.80. The van der Waals surface area contributed by atoms with Gasteiger partial charge in [0.2, 0.25) is 5.95 Å². The lowest BCUT2D eigenvalue weighted by Crippen LogP contribution is -2.18. The van der Waals surface area contributed by atoms with Crippen molar-refractivity contribution in [2.24, 2.45) is 0 Å². The number of carbonyl (C=O) groups excluding carboxylic acids is 2. The number of carbonyl (C=O) groups is 2.